The van der Waals surface area contributed by atoms with Gasteiger partial charge in [-0.15, -0.1) is 0 Å². The lowest BCUT2D eigenvalue weighted by Gasteiger charge is -2.04. The highest BCUT2D eigenvalue weighted by Gasteiger charge is 2.05. The Balaban J connectivity index is 2.97. The first-order valence-corrected chi connectivity index (χ1v) is 3.65. The highest BCUT2D eigenvalue weighted by Crippen LogP contribution is 2.13. The van der Waals surface area contributed by atoms with E-state index < -0.39 is 0 Å². The van der Waals surface area contributed by atoms with E-state index in [-0.39, 0.29) is 19.0 Å². The van der Waals surface area contributed by atoms with Gasteiger partial charge in [-0.3, -0.25) is 0 Å². The van der Waals surface area contributed by atoms with Crippen molar-refractivity contribution in [1.29, 1.82) is 0 Å². The molecule has 66 valence electrons. The van der Waals surface area contributed by atoms with Crippen molar-refractivity contribution in [3.05, 3.63) is 35.1 Å². The molecule has 0 aliphatic carbocycles. The van der Waals surface area contributed by atoms with Crippen molar-refractivity contribution in [3.63, 3.8) is 0 Å². The molecule has 0 heterocycles. The third-order valence-electron chi connectivity index (χ3n) is 1.63. The Hall–Kier alpha value is -0.930. The number of aliphatic hydroxyl groups is 1. The fraction of sp³-hybridized carbons (Fsp3) is 0.333. The zero-order valence-electron chi connectivity index (χ0n) is 6.88. The van der Waals surface area contributed by atoms with E-state index in [0.29, 0.717) is 11.1 Å². The lowest BCUT2D eigenvalue weighted by molar-refractivity contribution is 0.180. The van der Waals surface area contributed by atoms with Gasteiger partial charge in [0.15, 0.2) is 0 Å². The molecule has 2 nitrogen and oxygen atoms in total. The Morgan fingerprint density at radius 1 is 1.42 bits per heavy atom. The SMILES string of the molecule is COCc1cccc(CO)c1F. The van der Waals surface area contributed by atoms with Gasteiger partial charge < -0.3 is 9.84 Å². The Bertz CT molecular complexity index is 261. The summed E-state index contributed by atoms with van der Waals surface area (Å²) >= 11 is 0. The molecule has 0 bridgehead atoms. The highest BCUT2D eigenvalue weighted by molar-refractivity contribution is 5.24. The van der Waals surface area contributed by atoms with E-state index in [2.05, 4.69) is 0 Å². The van der Waals surface area contributed by atoms with Crippen molar-refractivity contribution in [2.75, 3.05) is 7.11 Å². The first-order chi connectivity index (χ1) is 5.79. The molecule has 1 aromatic carbocycles. The van der Waals surface area contributed by atoms with Crippen LogP contribution in [0.25, 0.3) is 0 Å². The largest absolute Gasteiger partial charge is 0.392 e. The van der Waals surface area contributed by atoms with Crippen LogP contribution in [0.15, 0.2) is 18.2 Å². The minimum atomic E-state index is -0.373. The molecule has 0 fully saturated rings. The van der Waals surface area contributed by atoms with Crippen LogP contribution in [0.5, 0.6) is 0 Å². The van der Waals surface area contributed by atoms with Gasteiger partial charge >= 0.3 is 0 Å². The van der Waals surface area contributed by atoms with Gasteiger partial charge in [0.25, 0.3) is 0 Å². The molecule has 0 atom stereocenters. The van der Waals surface area contributed by atoms with Gasteiger partial charge in [-0.1, -0.05) is 18.2 Å². The molecule has 0 saturated heterocycles. The first-order valence-electron chi connectivity index (χ1n) is 3.65. The Labute approximate surface area is 70.6 Å². The molecular weight excluding hydrogens is 159 g/mol. The van der Waals surface area contributed by atoms with Crippen molar-refractivity contribution >= 4 is 0 Å². The normalized spacial score (nSPS) is 10.2. The lowest BCUT2D eigenvalue weighted by Crippen LogP contribution is -1.97. The van der Waals surface area contributed by atoms with Crippen LogP contribution in [0.3, 0.4) is 0 Å². The molecular formula is C9H11FO2. The molecule has 0 aromatic heterocycles. The fourth-order valence-electron chi connectivity index (χ4n) is 1.02. The minimum Gasteiger partial charge on any atom is -0.392 e. The molecule has 0 spiro atoms. The number of aliphatic hydroxyl groups excluding tert-OH is 1. The summed E-state index contributed by atoms with van der Waals surface area (Å²) in [5.74, 6) is -0.373. The van der Waals surface area contributed by atoms with E-state index in [4.69, 9.17) is 9.84 Å². The summed E-state index contributed by atoms with van der Waals surface area (Å²) in [6.45, 7) is -0.0386. The third kappa shape index (κ3) is 1.81. The predicted octanol–water partition coefficient (Wildman–Crippen LogP) is 1.46. The first kappa shape index (κ1) is 9.16. The Morgan fingerprint density at radius 2 is 2.08 bits per heavy atom. The standard InChI is InChI=1S/C9H11FO2/c1-12-6-8-4-2-3-7(5-11)9(8)10/h2-4,11H,5-6H2,1H3. The summed E-state index contributed by atoms with van der Waals surface area (Å²) in [6.07, 6.45) is 0. The number of hydrogen-bond donors (Lipinski definition) is 1. The van der Waals surface area contributed by atoms with Gasteiger partial charge in [0, 0.05) is 18.2 Å². The minimum absolute atomic E-state index is 0.236. The van der Waals surface area contributed by atoms with E-state index in [1.54, 1.807) is 18.2 Å². The highest BCUT2D eigenvalue weighted by atomic mass is 19.1. The molecule has 0 aliphatic heterocycles. The van der Waals surface area contributed by atoms with Gasteiger partial charge in [-0.25, -0.2) is 4.39 Å². The monoisotopic (exact) mass is 170 g/mol. The molecule has 0 unspecified atom stereocenters. The van der Waals surface area contributed by atoms with Gasteiger partial charge in [0.1, 0.15) is 5.82 Å². The number of benzene rings is 1. The number of ether oxygens (including phenoxy) is 1. The smallest absolute Gasteiger partial charge is 0.134 e. The fourth-order valence-corrected chi connectivity index (χ4v) is 1.02. The predicted molar refractivity (Wildman–Crippen MR) is 43.0 cm³/mol. The quantitative estimate of drug-likeness (QED) is 0.744. The molecule has 1 aromatic rings. The Kier molecular flexibility index (Phi) is 3.19. The summed E-state index contributed by atoms with van der Waals surface area (Å²) in [7, 11) is 1.51. The summed E-state index contributed by atoms with van der Waals surface area (Å²) in [5, 5.41) is 8.73. The van der Waals surface area contributed by atoms with Crippen LogP contribution >= 0.6 is 0 Å². The Morgan fingerprint density at radius 3 is 2.67 bits per heavy atom. The van der Waals surface area contributed by atoms with Crippen molar-refractivity contribution in [2.24, 2.45) is 0 Å². The number of halogens is 1. The van der Waals surface area contributed by atoms with Crippen LogP contribution in [-0.4, -0.2) is 12.2 Å². The topological polar surface area (TPSA) is 29.5 Å². The van der Waals surface area contributed by atoms with Gasteiger partial charge in [-0.2, -0.15) is 0 Å². The van der Waals surface area contributed by atoms with Crippen molar-refractivity contribution in [1.82, 2.24) is 0 Å². The summed E-state index contributed by atoms with van der Waals surface area (Å²) in [5.41, 5.74) is 0.786. The molecule has 12 heavy (non-hydrogen) atoms. The van der Waals surface area contributed by atoms with E-state index in [0.717, 1.165) is 0 Å². The molecule has 0 saturated carbocycles. The molecule has 0 aliphatic rings. The molecule has 0 radical (unpaired) electrons. The second-order valence-corrected chi connectivity index (χ2v) is 2.48. The van der Waals surface area contributed by atoms with Crippen molar-refractivity contribution in [2.45, 2.75) is 13.2 Å². The van der Waals surface area contributed by atoms with E-state index >= 15 is 0 Å². The maximum atomic E-state index is 13.2. The zero-order chi connectivity index (χ0) is 8.97. The summed E-state index contributed by atoms with van der Waals surface area (Å²) in [6, 6.07) is 4.88. The number of methoxy groups -OCH3 is 1. The van der Waals surface area contributed by atoms with Crippen LogP contribution in [-0.2, 0) is 18.0 Å². The van der Waals surface area contributed by atoms with E-state index in [1.807, 2.05) is 0 Å². The second kappa shape index (κ2) is 4.18. The lowest BCUT2D eigenvalue weighted by atomic mass is 10.1. The van der Waals surface area contributed by atoms with Crippen LogP contribution < -0.4 is 0 Å². The van der Waals surface area contributed by atoms with Gasteiger partial charge in [-0.05, 0) is 0 Å². The summed E-state index contributed by atoms with van der Waals surface area (Å²) < 4.78 is 18.0. The maximum absolute atomic E-state index is 13.2. The van der Waals surface area contributed by atoms with Crippen LogP contribution in [0.4, 0.5) is 4.39 Å². The van der Waals surface area contributed by atoms with Crippen LogP contribution in [0.1, 0.15) is 11.1 Å². The molecule has 0 amide bonds. The van der Waals surface area contributed by atoms with E-state index in [1.165, 1.54) is 7.11 Å². The van der Waals surface area contributed by atoms with Crippen molar-refractivity contribution < 1.29 is 14.2 Å². The van der Waals surface area contributed by atoms with Crippen LogP contribution in [0.2, 0.25) is 0 Å². The number of rotatable bonds is 3. The average molecular weight is 170 g/mol. The maximum Gasteiger partial charge on any atom is 0.134 e. The van der Waals surface area contributed by atoms with E-state index in [9.17, 15) is 4.39 Å². The second-order valence-electron chi connectivity index (χ2n) is 2.48. The average Bonchev–Trinajstić information content (AvgIpc) is 2.09. The molecule has 1 rings (SSSR count). The van der Waals surface area contributed by atoms with Crippen LogP contribution in [0, 0.1) is 5.82 Å². The molecule has 3 heteroatoms. The van der Waals surface area contributed by atoms with Gasteiger partial charge in [0.2, 0.25) is 0 Å². The zero-order valence-corrected chi connectivity index (χ0v) is 6.88. The molecule has 1 N–H and O–H groups in total. The van der Waals surface area contributed by atoms with Gasteiger partial charge in [0.05, 0.1) is 13.2 Å². The van der Waals surface area contributed by atoms with Crippen molar-refractivity contribution in [3.8, 4) is 0 Å². The third-order valence-corrected chi connectivity index (χ3v) is 1.63. The summed E-state index contributed by atoms with van der Waals surface area (Å²) in [4.78, 5) is 0. The number of hydrogen-bond acceptors (Lipinski definition) is 2.